The molecule has 0 unspecified atom stereocenters. The lowest BCUT2D eigenvalue weighted by Gasteiger charge is -2.11. The predicted octanol–water partition coefficient (Wildman–Crippen LogP) is 2.82. The largest absolute Gasteiger partial charge is 0.366 e. The fourth-order valence-electron chi connectivity index (χ4n) is 2.79. The number of aryl methyl sites for hydroxylation is 1. The van der Waals surface area contributed by atoms with Crippen molar-refractivity contribution in [3.05, 3.63) is 95.1 Å². The van der Waals surface area contributed by atoms with E-state index in [4.69, 9.17) is 5.73 Å². The van der Waals surface area contributed by atoms with Gasteiger partial charge in [-0.25, -0.2) is 13.1 Å². The van der Waals surface area contributed by atoms with Crippen LogP contribution in [0.1, 0.15) is 31.8 Å². The summed E-state index contributed by atoms with van der Waals surface area (Å²) in [6, 6.07) is 19.6. The summed E-state index contributed by atoms with van der Waals surface area (Å²) in [5.41, 5.74) is 7.67. The molecule has 8 heteroatoms. The van der Waals surface area contributed by atoms with Gasteiger partial charge in [-0.3, -0.25) is 9.59 Å². The summed E-state index contributed by atoms with van der Waals surface area (Å²) in [6.07, 6.45) is 0. The van der Waals surface area contributed by atoms with Gasteiger partial charge in [0.05, 0.1) is 4.90 Å². The fourth-order valence-corrected chi connectivity index (χ4v) is 3.83. The molecule has 154 valence electrons. The zero-order valence-electron chi connectivity index (χ0n) is 16.3. The molecule has 3 rings (SSSR count). The lowest BCUT2D eigenvalue weighted by molar-refractivity contribution is 0.0998. The average Bonchev–Trinajstić information content (AvgIpc) is 2.73. The number of nitrogens with two attached hydrogens (primary N) is 1. The van der Waals surface area contributed by atoms with Crippen molar-refractivity contribution in [3.63, 3.8) is 0 Å². The molecule has 0 aliphatic heterocycles. The van der Waals surface area contributed by atoms with E-state index < -0.39 is 21.8 Å². The average molecular weight is 423 g/mol. The Morgan fingerprint density at radius 2 is 1.60 bits per heavy atom. The molecule has 0 atom stereocenters. The molecule has 0 fully saturated rings. The molecule has 0 aromatic heterocycles. The maximum absolute atomic E-state index is 12.7. The van der Waals surface area contributed by atoms with Crippen LogP contribution in [0.5, 0.6) is 0 Å². The molecule has 3 aromatic carbocycles. The highest BCUT2D eigenvalue weighted by atomic mass is 32.2. The number of amides is 2. The Labute approximate surface area is 175 Å². The molecule has 0 heterocycles. The molecule has 30 heavy (non-hydrogen) atoms. The van der Waals surface area contributed by atoms with E-state index in [1.165, 1.54) is 24.3 Å². The number of carbonyl (C=O) groups is 2. The van der Waals surface area contributed by atoms with Gasteiger partial charge in [-0.15, -0.1) is 0 Å². The van der Waals surface area contributed by atoms with Gasteiger partial charge in [0.25, 0.3) is 5.91 Å². The zero-order chi connectivity index (χ0) is 21.7. The first-order chi connectivity index (χ1) is 14.3. The number of hydrogen-bond donors (Lipinski definition) is 3. The van der Waals surface area contributed by atoms with Gasteiger partial charge in [-0.1, -0.05) is 36.4 Å². The van der Waals surface area contributed by atoms with Crippen LogP contribution < -0.4 is 15.8 Å². The third-order valence-electron chi connectivity index (χ3n) is 4.50. The van der Waals surface area contributed by atoms with Crippen molar-refractivity contribution >= 4 is 27.5 Å². The number of nitrogens with one attached hydrogen (secondary N) is 2. The first kappa shape index (κ1) is 21.2. The Bertz CT molecular complexity index is 1170. The minimum atomic E-state index is -3.80. The van der Waals surface area contributed by atoms with Crippen LogP contribution in [0.4, 0.5) is 5.69 Å². The standard InChI is InChI=1S/C22H21N3O4S/c1-15-7-12-19(30(28,29)24-14-16-5-3-2-4-6-16)13-20(15)22(27)25-18-10-8-17(9-11-18)21(23)26/h2-13,24H,14H2,1H3,(H2,23,26)(H,25,27). The van der Waals surface area contributed by atoms with Crippen LogP contribution in [-0.2, 0) is 16.6 Å². The molecular weight excluding hydrogens is 402 g/mol. The van der Waals surface area contributed by atoms with E-state index in [0.29, 0.717) is 16.8 Å². The van der Waals surface area contributed by atoms with Gasteiger partial charge < -0.3 is 11.1 Å². The summed E-state index contributed by atoms with van der Waals surface area (Å²) >= 11 is 0. The lowest BCUT2D eigenvalue weighted by atomic mass is 10.1. The molecule has 4 N–H and O–H groups in total. The van der Waals surface area contributed by atoms with Gasteiger partial charge in [0.1, 0.15) is 0 Å². The van der Waals surface area contributed by atoms with E-state index in [-0.39, 0.29) is 17.0 Å². The number of primary amides is 1. The van der Waals surface area contributed by atoms with Crippen molar-refractivity contribution in [2.45, 2.75) is 18.4 Å². The molecule has 0 aliphatic rings. The highest BCUT2D eigenvalue weighted by molar-refractivity contribution is 7.89. The topological polar surface area (TPSA) is 118 Å². The molecule has 3 aromatic rings. The molecule has 0 aliphatic carbocycles. The van der Waals surface area contributed by atoms with Gasteiger partial charge >= 0.3 is 0 Å². The zero-order valence-corrected chi connectivity index (χ0v) is 17.1. The first-order valence-electron chi connectivity index (χ1n) is 9.12. The fraction of sp³-hybridized carbons (Fsp3) is 0.0909. The summed E-state index contributed by atoms with van der Waals surface area (Å²) < 4.78 is 27.9. The number of benzene rings is 3. The molecule has 2 amide bonds. The number of hydrogen-bond acceptors (Lipinski definition) is 4. The van der Waals surface area contributed by atoms with Crippen molar-refractivity contribution in [1.29, 1.82) is 0 Å². The Balaban J connectivity index is 1.78. The normalized spacial score (nSPS) is 11.1. The van der Waals surface area contributed by atoms with Crippen LogP contribution in [0.15, 0.2) is 77.7 Å². The number of carbonyl (C=O) groups excluding carboxylic acids is 2. The van der Waals surface area contributed by atoms with Gasteiger partial charge in [-0.05, 0) is 54.4 Å². The van der Waals surface area contributed by atoms with E-state index in [1.54, 1.807) is 25.1 Å². The second kappa shape index (κ2) is 8.89. The number of sulfonamides is 1. The van der Waals surface area contributed by atoms with Crippen LogP contribution in [0.3, 0.4) is 0 Å². The minimum absolute atomic E-state index is 0.00161. The van der Waals surface area contributed by atoms with Gasteiger partial charge in [-0.2, -0.15) is 0 Å². The highest BCUT2D eigenvalue weighted by Crippen LogP contribution is 2.18. The van der Waals surface area contributed by atoms with E-state index >= 15 is 0 Å². The molecular formula is C22H21N3O4S. The maximum Gasteiger partial charge on any atom is 0.255 e. The molecule has 0 saturated heterocycles. The van der Waals surface area contributed by atoms with E-state index in [1.807, 2.05) is 30.3 Å². The van der Waals surface area contributed by atoms with Crippen molar-refractivity contribution in [2.75, 3.05) is 5.32 Å². The summed E-state index contributed by atoms with van der Waals surface area (Å²) in [4.78, 5) is 23.8. The molecule has 0 saturated carbocycles. The molecule has 0 radical (unpaired) electrons. The van der Waals surface area contributed by atoms with Crippen LogP contribution in [0.25, 0.3) is 0 Å². The molecule has 0 bridgehead atoms. The van der Waals surface area contributed by atoms with E-state index in [0.717, 1.165) is 5.56 Å². The summed E-state index contributed by atoms with van der Waals surface area (Å²) in [6.45, 7) is 1.86. The molecule has 0 spiro atoms. The van der Waals surface area contributed by atoms with E-state index in [2.05, 4.69) is 10.0 Å². The lowest BCUT2D eigenvalue weighted by Crippen LogP contribution is -2.24. The SMILES string of the molecule is Cc1ccc(S(=O)(=O)NCc2ccccc2)cc1C(=O)Nc1ccc(C(N)=O)cc1. The second-order valence-corrected chi connectivity index (χ2v) is 8.45. The third kappa shape index (κ3) is 5.11. The van der Waals surface area contributed by atoms with Gasteiger partial charge in [0, 0.05) is 23.4 Å². The second-order valence-electron chi connectivity index (χ2n) is 6.68. The van der Waals surface area contributed by atoms with Crippen molar-refractivity contribution in [2.24, 2.45) is 5.73 Å². The smallest absolute Gasteiger partial charge is 0.255 e. The minimum Gasteiger partial charge on any atom is -0.366 e. The summed E-state index contributed by atoms with van der Waals surface area (Å²) in [5.74, 6) is -1.02. The van der Waals surface area contributed by atoms with Crippen molar-refractivity contribution in [1.82, 2.24) is 4.72 Å². The van der Waals surface area contributed by atoms with Crippen LogP contribution >= 0.6 is 0 Å². The van der Waals surface area contributed by atoms with Gasteiger partial charge in [0.15, 0.2) is 0 Å². The molecule has 7 nitrogen and oxygen atoms in total. The monoisotopic (exact) mass is 423 g/mol. The van der Waals surface area contributed by atoms with Crippen LogP contribution in [-0.4, -0.2) is 20.2 Å². The van der Waals surface area contributed by atoms with Gasteiger partial charge in [0.2, 0.25) is 15.9 Å². The van der Waals surface area contributed by atoms with E-state index in [9.17, 15) is 18.0 Å². The maximum atomic E-state index is 12.7. The highest BCUT2D eigenvalue weighted by Gasteiger charge is 2.18. The van der Waals surface area contributed by atoms with Crippen LogP contribution in [0.2, 0.25) is 0 Å². The quantitative estimate of drug-likeness (QED) is 0.541. The Kier molecular flexibility index (Phi) is 6.29. The van der Waals surface area contributed by atoms with Crippen molar-refractivity contribution in [3.8, 4) is 0 Å². The predicted molar refractivity (Wildman–Crippen MR) is 115 cm³/mol. The summed E-state index contributed by atoms with van der Waals surface area (Å²) in [5, 5.41) is 2.70. The first-order valence-corrected chi connectivity index (χ1v) is 10.6. The Morgan fingerprint density at radius 3 is 2.23 bits per heavy atom. The third-order valence-corrected chi connectivity index (χ3v) is 5.90. The number of anilines is 1. The van der Waals surface area contributed by atoms with Crippen LogP contribution in [0, 0.1) is 6.92 Å². The number of rotatable bonds is 7. The summed E-state index contributed by atoms with van der Waals surface area (Å²) in [7, 11) is -3.80. The Morgan fingerprint density at radius 1 is 0.933 bits per heavy atom. The Hall–Kier alpha value is -3.49. The van der Waals surface area contributed by atoms with Crippen molar-refractivity contribution < 1.29 is 18.0 Å².